The Balaban J connectivity index is 1.76. The topological polar surface area (TPSA) is 105 Å². The van der Waals surface area contributed by atoms with Crippen molar-refractivity contribution in [1.82, 2.24) is 4.90 Å². The smallest absolute Gasteiger partial charge is 0.313 e. The molecule has 2 saturated heterocycles. The summed E-state index contributed by atoms with van der Waals surface area (Å²) in [4.78, 5) is 25.8. The van der Waals surface area contributed by atoms with E-state index >= 15 is 0 Å². The molecule has 0 aromatic heterocycles. The van der Waals surface area contributed by atoms with Crippen LogP contribution < -0.4 is 14.4 Å². The van der Waals surface area contributed by atoms with E-state index in [2.05, 4.69) is 5.32 Å². The second-order valence-electron chi connectivity index (χ2n) is 6.34. The molecule has 2 aliphatic rings. The number of anilines is 2. The van der Waals surface area contributed by atoms with E-state index in [4.69, 9.17) is 9.47 Å². The number of rotatable bonds is 3. The fourth-order valence-corrected chi connectivity index (χ4v) is 4.76. The van der Waals surface area contributed by atoms with Gasteiger partial charge >= 0.3 is 11.8 Å². The highest BCUT2D eigenvalue weighted by atomic mass is 32.2. The Labute approximate surface area is 158 Å². The molecule has 27 heavy (non-hydrogen) atoms. The molecule has 1 N–H and O–H groups in total. The van der Waals surface area contributed by atoms with Gasteiger partial charge in [-0.05, 0) is 25.0 Å². The van der Waals surface area contributed by atoms with Gasteiger partial charge in [0, 0.05) is 31.4 Å². The monoisotopic (exact) mass is 397 g/mol. The Morgan fingerprint density at radius 1 is 1.15 bits per heavy atom. The minimum atomic E-state index is -3.38. The van der Waals surface area contributed by atoms with Crippen molar-refractivity contribution in [1.29, 1.82) is 0 Å². The van der Waals surface area contributed by atoms with Gasteiger partial charge in [-0.25, -0.2) is 8.42 Å². The molecule has 9 nitrogen and oxygen atoms in total. The van der Waals surface area contributed by atoms with Crippen LogP contribution in [0.15, 0.2) is 18.2 Å². The molecule has 1 aromatic carbocycles. The minimum Gasteiger partial charge on any atom is -0.494 e. The normalized spacial score (nSPS) is 19.4. The van der Waals surface area contributed by atoms with Crippen molar-refractivity contribution < 1.29 is 27.5 Å². The average Bonchev–Trinajstić information content (AvgIpc) is 2.68. The third kappa shape index (κ3) is 4.33. The van der Waals surface area contributed by atoms with E-state index in [1.54, 1.807) is 12.1 Å². The number of hydrogen-bond acceptors (Lipinski definition) is 6. The quantitative estimate of drug-likeness (QED) is 0.742. The van der Waals surface area contributed by atoms with Crippen LogP contribution in [0.2, 0.25) is 0 Å². The van der Waals surface area contributed by atoms with Crippen LogP contribution >= 0.6 is 0 Å². The number of carbonyl (C=O) groups is 2. The van der Waals surface area contributed by atoms with Crippen LogP contribution in [0.1, 0.15) is 12.8 Å². The lowest BCUT2D eigenvalue weighted by atomic mass is 10.2. The Morgan fingerprint density at radius 3 is 2.56 bits per heavy atom. The van der Waals surface area contributed by atoms with Gasteiger partial charge in [0.05, 0.1) is 31.8 Å². The molecule has 0 atom stereocenters. The minimum absolute atomic E-state index is 0.0999. The van der Waals surface area contributed by atoms with E-state index in [1.807, 2.05) is 0 Å². The van der Waals surface area contributed by atoms with E-state index in [0.717, 1.165) is 6.42 Å². The van der Waals surface area contributed by atoms with E-state index in [9.17, 15) is 18.0 Å². The predicted octanol–water partition coefficient (Wildman–Crippen LogP) is 0.423. The van der Waals surface area contributed by atoms with Crippen molar-refractivity contribution in [2.75, 3.05) is 55.3 Å². The van der Waals surface area contributed by atoms with Gasteiger partial charge in [0.25, 0.3) is 0 Å². The Bertz CT molecular complexity index is 820. The number of nitrogens with one attached hydrogen (secondary N) is 1. The van der Waals surface area contributed by atoms with E-state index < -0.39 is 21.8 Å². The number of methoxy groups -OCH3 is 1. The second kappa shape index (κ2) is 8.13. The third-order valence-corrected chi connectivity index (χ3v) is 6.40. The van der Waals surface area contributed by atoms with E-state index in [0.29, 0.717) is 56.4 Å². The van der Waals surface area contributed by atoms with Crippen molar-refractivity contribution in [3.05, 3.63) is 18.2 Å². The summed E-state index contributed by atoms with van der Waals surface area (Å²) in [5.41, 5.74) is 0.784. The summed E-state index contributed by atoms with van der Waals surface area (Å²) in [5, 5.41) is 2.55. The molecule has 10 heteroatoms. The number of hydrogen-bond donors (Lipinski definition) is 1. The molecule has 3 rings (SSSR count). The molecule has 2 fully saturated rings. The van der Waals surface area contributed by atoms with Crippen LogP contribution in [0.5, 0.6) is 5.75 Å². The summed E-state index contributed by atoms with van der Waals surface area (Å²) in [5.74, 6) is -0.961. The first kappa shape index (κ1) is 19.4. The highest BCUT2D eigenvalue weighted by Crippen LogP contribution is 2.34. The predicted molar refractivity (Wildman–Crippen MR) is 99.4 cm³/mol. The van der Waals surface area contributed by atoms with Crippen LogP contribution in [0, 0.1) is 0 Å². The maximum Gasteiger partial charge on any atom is 0.313 e. The van der Waals surface area contributed by atoms with Crippen molar-refractivity contribution in [2.24, 2.45) is 0 Å². The molecule has 0 spiro atoms. The van der Waals surface area contributed by atoms with Gasteiger partial charge in [-0.1, -0.05) is 0 Å². The Hall–Kier alpha value is -2.33. The van der Waals surface area contributed by atoms with Gasteiger partial charge in [-0.2, -0.15) is 0 Å². The van der Waals surface area contributed by atoms with Crippen molar-refractivity contribution in [3.63, 3.8) is 0 Å². The van der Waals surface area contributed by atoms with Gasteiger partial charge in [-0.3, -0.25) is 13.9 Å². The zero-order valence-corrected chi connectivity index (χ0v) is 16.0. The fourth-order valence-electron chi connectivity index (χ4n) is 3.12. The van der Waals surface area contributed by atoms with Crippen molar-refractivity contribution in [3.8, 4) is 5.75 Å². The SMILES string of the molecule is COc1cc(NC(=O)C(=O)N2CCOCC2)ccc1N1CCCCS1(=O)=O. The lowest BCUT2D eigenvalue weighted by Crippen LogP contribution is -2.45. The molecule has 0 unspecified atom stereocenters. The van der Waals surface area contributed by atoms with Gasteiger partial charge in [0.1, 0.15) is 5.75 Å². The number of benzene rings is 1. The maximum absolute atomic E-state index is 12.3. The first-order valence-electron chi connectivity index (χ1n) is 8.79. The van der Waals surface area contributed by atoms with Crippen LogP contribution in [-0.4, -0.2) is 70.8 Å². The van der Waals surface area contributed by atoms with E-state index in [1.165, 1.54) is 22.4 Å². The molecule has 0 radical (unpaired) electrons. The number of nitrogens with zero attached hydrogens (tertiary/aromatic N) is 2. The van der Waals surface area contributed by atoms with Gasteiger partial charge in [0.15, 0.2) is 0 Å². The summed E-state index contributed by atoms with van der Waals surface area (Å²) in [6.45, 7) is 1.96. The van der Waals surface area contributed by atoms with Crippen molar-refractivity contribution in [2.45, 2.75) is 12.8 Å². The van der Waals surface area contributed by atoms with Crippen LogP contribution in [0.3, 0.4) is 0 Å². The molecular formula is C17H23N3O6S. The fraction of sp³-hybridized carbons (Fsp3) is 0.529. The summed E-state index contributed by atoms with van der Waals surface area (Å²) in [6, 6.07) is 4.66. The second-order valence-corrected chi connectivity index (χ2v) is 8.35. The highest BCUT2D eigenvalue weighted by molar-refractivity contribution is 7.92. The molecule has 0 aliphatic carbocycles. The number of ether oxygens (including phenoxy) is 2. The maximum atomic E-state index is 12.3. The molecule has 0 bridgehead atoms. The zero-order chi connectivity index (χ0) is 19.4. The standard InChI is InChI=1S/C17H23N3O6S/c1-25-15-12-13(18-16(21)17(22)19-7-9-26-10-8-19)4-5-14(15)20-6-2-3-11-27(20,23)24/h4-5,12H,2-3,6-11H2,1H3,(H,18,21). The summed E-state index contributed by atoms with van der Waals surface area (Å²) in [6.07, 6.45) is 1.41. The van der Waals surface area contributed by atoms with Crippen LogP contribution in [0.25, 0.3) is 0 Å². The van der Waals surface area contributed by atoms with E-state index in [-0.39, 0.29) is 5.75 Å². The average molecular weight is 397 g/mol. The molecule has 148 valence electrons. The lowest BCUT2D eigenvalue weighted by Gasteiger charge is -2.29. The van der Waals surface area contributed by atoms with Gasteiger partial charge in [0.2, 0.25) is 10.0 Å². The first-order chi connectivity index (χ1) is 12.9. The molecule has 0 saturated carbocycles. The van der Waals surface area contributed by atoms with Crippen LogP contribution in [-0.2, 0) is 24.3 Å². The number of sulfonamides is 1. The van der Waals surface area contributed by atoms with Gasteiger partial charge in [-0.15, -0.1) is 0 Å². The Morgan fingerprint density at radius 2 is 1.89 bits per heavy atom. The molecule has 2 aliphatic heterocycles. The molecule has 2 heterocycles. The number of amides is 2. The highest BCUT2D eigenvalue weighted by Gasteiger charge is 2.29. The number of carbonyl (C=O) groups excluding carboxylic acids is 2. The third-order valence-electron chi connectivity index (χ3n) is 4.55. The molecule has 1 aromatic rings. The summed E-state index contributed by atoms with van der Waals surface area (Å²) < 4.78 is 36.5. The van der Waals surface area contributed by atoms with Crippen molar-refractivity contribution >= 4 is 33.2 Å². The zero-order valence-electron chi connectivity index (χ0n) is 15.1. The molecule has 2 amide bonds. The number of morpholine rings is 1. The first-order valence-corrected chi connectivity index (χ1v) is 10.4. The Kier molecular flexibility index (Phi) is 5.85. The lowest BCUT2D eigenvalue weighted by molar-refractivity contribution is -0.145. The van der Waals surface area contributed by atoms with Gasteiger partial charge < -0.3 is 19.7 Å². The summed E-state index contributed by atoms with van der Waals surface area (Å²) in [7, 11) is -1.95. The molecular weight excluding hydrogens is 374 g/mol. The van der Waals surface area contributed by atoms with Crippen LogP contribution in [0.4, 0.5) is 11.4 Å². The largest absolute Gasteiger partial charge is 0.494 e. The summed E-state index contributed by atoms with van der Waals surface area (Å²) >= 11 is 0.